The molecule has 170 valence electrons. The van der Waals surface area contributed by atoms with E-state index in [1.807, 2.05) is 12.1 Å². The maximum Gasteiger partial charge on any atom is 0.146 e. The molecule has 1 aliphatic heterocycles. The zero-order chi connectivity index (χ0) is 22.0. The maximum atomic E-state index is 13.7. The summed E-state index contributed by atoms with van der Waals surface area (Å²) in [6.07, 6.45) is 8.29. The highest BCUT2D eigenvalue weighted by atomic mass is 16.5. The van der Waals surface area contributed by atoms with E-state index in [0.29, 0.717) is 24.2 Å². The predicted molar refractivity (Wildman–Crippen MR) is 127 cm³/mol. The van der Waals surface area contributed by atoms with Crippen LogP contribution < -0.4 is 14.8 Å². The molecule has 2 aromatic carbocycles. The van der Waals surface area contributed by atoms with Gasteiger partial charge in [0.05, 0.1) is 19.1 Å². The van der Waals surface area contributed by atoms with Crippen LogP contribution in [0.3, 0.4) is 0 Å². The lowest BCUT2D eigenvalue weighted by atomic mass is 9.64. The summed E-state index contributed by atoms with van der Waals surface area (Å²) in [7, 11) is 1.70. The minimum Gasteiger partial charge on any atom is -0.497 e. The Morgan fingerprint density at radius 2 is 1.91 bits per heavy atom. The fourth-order valence-electron chi connectivity index (χ4n) is 5.95. The van der Waals surface area contributed by atoms with Crippen LogP contribution in [0.4, 0.5) is 0 Å². The maximum absolute atomic E-state index is 13.7. The Balaban J connectivity index is 1.30. The molecule has 1 saturated carbocycles. The van der Waals surface area contributed by atoms with E-state index in [2.05, 4.69) is 35.6 Å². The minimum atomic E-state index is -0.279. The van der Waals surface area contributed by atoms with Crippen molar-refractivity contribution in [3.8, 4) is 11.5 Å². The molecule has 0 aromatic heterocycles. The van der Waals surface area contributed by atoms with E-state index in [0.717, 1.165) is 76.0 Å². The highest BCUT2D eigenvalue weighted by Crippen LogP contribution is 2.53. The summed E-state index contributed by atoms with van der Waals surface area (Å²) in [5.41, 5.74) is 3.63. The van der Waals surface area contributed by atoms with Crippen LogP contribution in [-0.2, 0) is 23.1 Å². The van der Waals surface area contributed by atoms with Crippen molar-refractivity contribution < 1.29 is 14.3 Å². The molecule has 5 rings (SSSR count). The fraction of sp³-hybridized carbons (Fsp3) is 0.536. The average molecular weight is 434 g/mol. The number of Topliss-reactive ketones (excluding diaryl/α,β-unsaturated/α-hetero) is 1. The predicted octanol–water partition coefficient (Wildman–Crippen LogP) is 4.87. The third-order valence-electron chi connectivity index (χ3n) is 7.79. The van der Waals surface area contributed by atoms with Crippen LogP contribution in [0, 0.1) is 11.8 Å². The lowest BCUT2D eigenvalue weighted by Gasteiger charge is -2.40. The van der Waals surface area contributed by atoms with Crippen LogP contribution in [0.1, 0.15) is 55.2 Å². The van der Waals surface area contributed by atoms with E-state index in [9.17, 15) is 4.79 Å². The van der Waals surface area contributed by atoms with Crippen molar-refractivity contribution in [3.05, 3.63) is 59.2 Å². The zero-order valence-electron chi connectivity index (χ0n) is 19.2. The van der Waals surface area contributed by atoms with E-state index in [-0.39, 0.29) is 5.41 Å². The fourth-order valence-corrected chi connectivity index (χ4v) is 5.95. The Labute approximate surface area is 191 Å². The largest absolute Gasteiger partial charge is 0.497 e. The Bertz CT molecular complexity index is 961. The van der Waals surface area contributed by atoms with E-state index >= 15 is 0 Å². The molecule has 0 spiro atoms. The number of hydrogen-bond donors (Lipinski definition) is 1. The molecule has 2 aromatic rings. The number of methoxy groups -OCH3 is 1. The Morgan fingerprint density at radius 3 is 2.69 bits per heavy atom. The summed E-state index contributed by atoms with van der Waals surface area (Å²) in [5.74, 6) is 3.10. The van der Waals surface area contributed by atoms with Gasteiger partial charge in [-0.15, -0.1) is 0 Å². The highest BCUT2D eigenvalue weighted by molar-refractivity contribution is 5.95. The van der Waals surface area contributed by atoms with Gasteiger partial charge in [0, 0.05) is 5.92 Å². The van der Waals surface area contributed by atoms with Crippen LogP contribution >= 0.6 is 0 Å². The van der Waals surface area contributed by atoms with Crippen molar-refractivity contribution in [2.45, 2.75) is 56.8 Å². The molecule has 4 nitrogen and oxygen atoms in total. The van der Waals surface area contributed by atoms with Gasteiger partial charge in [-0.25, -0.2) is 0 Å². The first kappa shape index (κ1) is 21.5. The first-order valence-electron chi connectivity index (χ1n) is 12.3. The van der Waals surface area contributed by atoms with Gasteiger partial charge in [0.1, 0.15) is 17.3 Å². The van der Waals surface area contributed by atoms with Gasteiger partial charge in [-0.1, -0.05) is 18.2 Å². The van der Waals surface area contributed by atoms with Gasteiger partial charge in [0.2, 0.25) is 0 Å². The second-order valence-electron chi connectivity index (χ2n) is 9.76. The van der Waals surface area contributed by atoms with Crippen LogP contribution in [0.15, 0.2) is 42.5 Å². The number of carbonyl (C=O) groups excluding carboxylic acids is 1. The summed E-state index contributed by atoms with van der Waals surface area (Å²) < 4.78 is 11.5. The van der Waals surface area contributed by atoms with E-state index in [1.165, 1.54) is 16.7 Å². The lowest BCUT2D eigenvalue weighted by Crippen LogP contribution is -2.46. The van der Waals surface area contributed by atoms with Crippen molar-refractivity contribution >= 4 is 5.78 Å². The Morgan fingerprint density at radius 1 is 1.06 bits per heavy atom. The second-order valence-corrected chi connectivity index (χ2v) is 9.76. The number of ketones is 1. The summed E-state index contributed by atoms with van der Waals surface area (Å²) in [6.45, 7) is 2.73. The smallest absolute Gasteiger partial charge is 0.146 e. The molecule has 2 fully saturated rings. The van der Waals surface area contributed by atoms with Crippen molar-refractivity contribution in [2.24, 2.45) is 11.8 Å². The number of nitrogens with one attached hydrogen (secondary N) is 1. The van der Waals surface area contributed by atoms with Gasteiger partial charge in [-0.3, -0.25) is 4.79 Å². The topological polar surface area (TPSA) is 47.6 Å². The number of benzene rings is 2. The molecule has 4 heteroatoms. The molecule has 1 atom stereocenters. The summed E-state index contributed by atoms with van der Waals surface area (Å²) in [5, 5.41) is 3.49. The molecule has 3 aliphatic rings. The van der Waals surface area contributed by atoms with Gasteiger partial charge in [0.15, 0.2) is 0 Å². The second kappa shape index (κ2) is 9.27. The Kier molecular flexibility index (Phi) is 6.23. The molecule has 0 radical (unpaired) electrons. The van der Waals surface area contributed by atoms with E-state index in [4.69, 9.17) is 9.47 Å². The van der Waals surface area contributed by atoms with Gasteiger partial charge in [-0.05, 0) is 111 Å². The van der Waals surface area contributed by atoms with Crippen LogP contribution in [0.2, 0.25) is 0 Å². The molecule has 2 aliphatic carbocycles. The quantitative estimate of drug-likeness (QED) is 0.573. The molecule has 1 unspecified atom stereocenters. The zero-order valence-corrected chi connectivity index (χ0v) is 19.2. The van der Waals surface area contributed by atoms with Gasteiger partial charge < -0.3 is 14.8 Å². The van der Waals surface area contributed by atoms with Crippen molar-refractivity contribution in [2.75, 3.05) is 26.8 Å². The van der Waals surface area contributed by atoms with Crippen LogP contribution in [0.25, 0.3) is 0 Å². The number of fused-ring (bicyclic) bond motifs is 1. The number of ether oxygens (including phenoxy) is 2. The van der Waals surface area contributed by atoms with Gasteiger partial charge in [-0.2, -0.15) is 0 Å². The number of piperidine rings is 1. The van der Waals surface area contributed by atoms with Crippen molar-refractivity contribution in [1.29, 1.82) is 0 Å². The number of carbonyl (C=O) groups is 1. The Hall–Kier alpha value is -2.33. The molecule has 1 saturated heterocycles. The first-order chi connectivity index (χ1) is 15.7. The molecule has 0 amide bonds. The van der Waals surface area contributed by atoms with Crippen LogP contribution in [-0.4, -0.2) is 32.6 Å². The average Bonchev–Trinajstić information content (AvgIpc) is 3.63. The van der Waals surface area contributed by atoms with E-state index < -0.39 is 0 Å². The number of aryl methyl sites for hydroxylation is 2. The SMILES string of the molecule is COc1cccc(CCCOc2ccc3c(c2)C(C(=O)C2CC2)(C2CCNCC2)CC3)c1. The molecule has 1 N–H and O–H groups in total. The summed E-state index contributed by atoms with van der Waals surface area (Å²) in [4.78, 5) is 13.7. The highest BCUT2D eigenvalue weighted by Gasteiger charge is 2.54. The lowest BCUT2D eigenvalue weighted by molar-refractivity contribution is -0.128. The van der Waals surface area contributed by atoms with E-state index in [1.54, 1.807) is 7.11 Å². The standard InChI is InChI=1S/C28H35NO3/c1-31-24-6-2-4-20(18-24)5-3-17-32-25-10-9-21-11-14-28(26(21)19-25,27(30)22-7-8-22)23-12-15-29-16-13-23/h2,4,6,9-10,18-19,22-23,29H,3,5,7-8,11-17H2,1H3. The molecule has 32 heavy (non-hydrogen) atoms. The monoisotopic (exact) mass is 433 g/mol. The third-order valence-corrected chi connectivity index (χ3v) is 7.79. The summed E-state index contributed by atoms with van der Waals surface area (Å²) in [6, 6.07) is 14.8. The normalized spacial score (nSPS) is 23.0. The molecule has 1 heterocycles. The van der Waals surface area contributed by atoms with Gasteiger partial charge in [0.25, 0.3) is 0 Å². The number of hydrogen-bond acceptors (Lipinski definition) is 4. The molecular formula is C28H35NO3. The third kappa shape index (κ3) is 4.17. The minimum absolute atomic E-state index is 0.279. The van der Waals surface area contributed by atoms with Crippen LogP contribution in [0.5, 0.6) is 11.5 Å². The van der Waals surface area contributed by atoms with Gasteiger partial charge >= 0.3 is 0 Å². The van der Waals surface area contributed by atoms with Crippen molar-refractivity contribution in [3.63, 3.8) is 0 Å². The first-order valence-corrected chi connectivity index (χ1v) is 12.3. The molecule has 0 bridgehead atoms. The molecular weight excluding hydrogens is 398 g/mol. The number of rotatable bonds is 9. The summed E-state index contributed by atoms with van der Waals surface area (Å²) >= 11 is 0. The van der Waals surface area contributed by atoms with Crippen molar-refractivity contribution in [1.82, 2.24) is 5.32 Å².